The molecule has 5 aliphatic rings. The fourth-order valence-corrected chi connectivity index (χ4v) is 11.0. The molecule has 6 nitrogen and oxygen atoms in total. The molecule has 0 bridgehead atoms. The minimum Gasteiger partial charge on any atom is -0.386 e. The summed E-state index contributed by atoms with van der Waals surface area (Å²) in [7, 11) is -3.36. The van der Waals surface area contributed by atoms with Crippen LogP contribution in [0.2, 0.25) is 0 Å². The maximum Gasteiger partial charge on any atom is 0.425 e. The van der Waals surface area contributed by atoms with E-state index in [-0.39, 0.29) is 41.9 Å². The predicted molar refractivity (Wildman–Crippen MR) is 181 cm³/mol. The molecule has 2 aromatic rings. The van der Waals surface area contributed by atoms with Crippen molar-refractivity contribution in [3.63, 3.8) is 0 Å². The molecule has 7 atom stereocenters. The number of halogens is 4. The maximum atomic E-state index is 16.1. The third kappa shape index (κ3) is 5.43. The van der Waals surface area contributed by atoms with Gasteiger partial charge in [-0.25, -0.2) is 12.8 Å². The Morgan fingerprint density at radius 1 is 0.840 bits per heavy atom. The molecule has 3 saturated carbocycles. The predicted octanol–water partition coefficient (Wildman–Crippen LogP) is 8.07. The van der Waals surface area contributed by atoms with Crippen LogP contribution in [0.3, 0.4) is 0 Å². The van der Waals surface area contributed by atoms with Crippen molar-refractivity contribution in [1.29, 1.82) is 0 Å². The highest BCUT2D eigenvalue weighted by molar-refractivity contribution is 7.90. The Hall–Kier alpha value is -2.31. The Bertz CT molecular complexity index is 1790. The van der Waals surface area contributed by atoms with Crippen LogP contribution in [-0.2, 0) is 19.3 Å². The van der Waals surface area contributed by atoms with Crippen molar-refractivity contribution in [2.45, 2.75) is 119 Å². The van der Waals surface area contributed by atoms with E-state index >= 15 is 4.39 Å². The Kier molecular flexibility index (Phi) is 8.18. The van der Waals surface area contributed by atoms with Crippen molar-refractivity contribution >= 4 is 9.84 Å². The van der Waals surface area contributed by atoms with Crippen LogP contribution in [0.5, 0.6) is 0 Å². The number of hydrogen-bond donors (Lipinski definition) is 2. The van der Waals surface area contributed by atoms with Gasteiger partial charge in [0.1, 0.15) is 5.60 Å². The lowest BCUT2D eigenvalue weighted by atomic mass is 9.48. The van der Waals surface area contributed by atoms with Crippen LogP contribution in [0.1, 0.15) is 90.5 Å². The number of benzene rings is 2. The third-order valence-corrected chi connectivity index (χ3v) is 14.4. The molecule has 4 aliphatic carbocycles. The Morgan fingerprint density at radius 3 is 1.98 bits per heavy atom. The van der Waals surface area contributed by atoms with E-state index in [1.54, 1.807) is 31.2 Å². The zero-order chi connectivity index (χ0) is 36.3. The van der Waals surface area contributed by atoms with E-state index in [1.165, 1.54) is 0 Å². The lowest BCUT2D eigenvalue weighted by Crippen LogP contribution is -2.66. The van der Waals surface area contributed by atoms with E-state index in [0.717, 1.165) is 34.1 Å². The number of ether oxygens (including phenoxy) is 2. The average Bonchev–Trinajstić information content (AvgIpc) is 3.32. The molecular weight excluding hydrogens is 672 g/mol. The van der Waals surface area contributed by atoms with Crippen LogP contribution >= 0.6 is 0 Å². The second-order valence-electron chi connectivity index (χ2n) is 17.0. The van der Waals surface area contributed by atoms with Crippen LogP contribution in [0.15, 0.2) is 64.6 Å². The zero-order valence-electron chi connectivity index (χ0n) is 29.4. The van der Waals surface area contributed by atoms with Crippen molar-refractivity contribution < 1.29 is 45.7 Å². The molecule has 2 aromatic carbocycles. The number of hydrogen-bond acceptors (Lipinski definition) is 6. The number of aliphatic hydroxyl groups is 2. The minimum absolute atomic E-state index is 0.0872. The number of sulfone groups is 1. The number of alkyl halides is 4. The Labute approximate surface area is 292 Å². The van der Waals surface area contributed by atoms with Gasteiger partial charge in [-0.3, -0.25) is 0 Å². The minimum atomic E-state index is -5.26. The molecule has 1 aliphatic heterocycles. The SMILES string of the molecule is CC1(C)COC2(CCC3=C4C(CC[C@@]3(O)C2)C2CC[C@@](O)(C(C)(F)C(F)(F)F)[C@@]2(C)C[C@@H]4c2ccc(-c3ccc(S(C)(=O)=O)cc3)cc2)OC1. The summed E-state index contributed by atoms with van der Waals surface area (Å²) >= 11 is 0. The molecule has 0 radical (unpaired) electrons. The van der Waals surface area contributed by atoms with E-state index < -0.39 is 55.9 Å². The van der Waals surface area contributed by atoms with Crippen LogP contribution in [0.25, 0.3) is 11.1 Å². The van der Waals surface area contributed by atoms with Gasteiger partial charge >= 0.3 is 6.18 Å². The Balaban J connectivity index is 1.31. The van der Waals surface area contributed by atoms with Gasteiger partial charge in [-0.15, -0.1) is 0 Å². The smallest absolute Gasteiger partial charge is 0.386 e. The van der Waals surface area contributed by atoms with Crippen LogP contribution in [0, 0.1) is 22.7 Å². The highest BCUT2D eigenvalue weighted by Crippen LogP contribution is 2.71. The van der Waals surface area contributed by atoms with Gasteiger partial charge in [-0.05, 0) is 91.7 Å². The molecule has 3 unspecified atom stereocenters. The molecule has 7 rings (SSSR count). The van der Waals surface area contributed by atoms with E-state index in [0.29, 0.717) is 45.8 Å². The lowest BCUT2D eigenvalue weighted by molar-refractivity contribution is -0.323. The molecule has 1 heterocycles. The second-order valence-corrected chi connectivity index (χ2v) is 19.1. The van der Waals surface area contributed by atoms with E-state index in [1.807, 2.05) is 24.3 Å². The van der Waals surface area contributed by atoms with Crippen molar-refractivity contribution in [1.82, 2.24) is 0 Å². The first kappa shape index (κ1) is 36.1. The number of rotatable bonds is 4. The van der Waals surface area contributed by atoms with Crippen LogP contribution < -0.4 is 0 Å². The van der Waals surface area contributed by atoms with Gasteiger partial charge in [-0.2, -0.15) is 13.2 Å². The summed E-state index contributed by atoms with van der Waals surface area (Å²) in [5.74, 6) is -2.03. The molecule has 274 valence electrons. The molecule has 50 heavy (non-hydrogen) atoms. The van der Waals surface area contributed by atoms with E-state index in [9.17, 15) is 31.8 Å². The third-order valence-electron chi connectivity index (χ3n) is 13.3. The summed E-state index contributed by atoms with van der Waals surface area (Å²) in [6.45, 7) is 7.27. The molecule has 0 aromatic heterocycles. The fraction of sp³-hybridized carbons (Fsp3) is 0.641. The summed E-state index contributed by atoms with van der Waals surface area (Å²) in [5.41, 5.74) is -4.92. The highest BCUT2D eigenvalue weighted by atomic mass is 32.2. The largest absolute Gasteiger partial charge is 0.425 e. The van der Waals surface area contributed by atoms with Gasteiger partial charge in [-0.1, -0.05) is 62.7 Å². The molecule has 0 amide bonds. The topological polar surface area (TPSA) is 93.1 Å². The van der Waals surface area contributed by atoms with Crippen LogP contribution in [0.4, 0.5) is 17.6 Å². The summed E-state index contributed by atoms with van der Waals surface area (Å²) in [6, 6.07) is 14.2. The average molecular weight is 721 g/mol. The van der Waals surface area contributed by atoms with E-state index in [2.05, 4.69) is 13.8 Å². The van der Waals surface area contributed by atoms with Gasteiger partial charge in [0.15, 0.2) is 15.6 Å². The van der Waals surface area contributed by atoms with Gasteiger partial charge in [0.05, 0.1) is 23.7 Å². The maximum absolute atomic E-state index is 16.1. The lowest BCUT2D eigenvalue weighted by Gasteiger charge is -2.59. The summed E-state index contributed by atoms with van der Waals surface area (Å²) in [5, 5.41) is 24.4. The first-order chi connectivity index (χ1) is 23.1. The first-order valence-corrected chi connectivity index (χ1v) is 19.6. The monoisotopic (exact) mass is 720 g/mol. The molecule has 2 N–H and O–H groups in total. The van der Waals surface area contributed by atoms with Gasteiger partial charge < -0.3 is 19.7 Å². The fourth-order valence-electron chi connectivity index (χ4n) is 10.4. The summed E-state index contributed by atoms with van der Waals surface area (Å²) < 4.78 is 95.8. The van der Waals surface area contributed by atoms with E-state index in [4.69, 9.17) is 9.47 Å². The van der Waals surface area contributed by atoms with Gasteiger partial charge in [0, 0.05) is 35.8 Å². The van der Waals surface area contributed by atoms with Crippen molar-refractivity contribution in [3.8, 4) is 11.1 Å². The molecular formula is C39H48F4O6S. The second kappa shape index (κ2) is 11.3. The van der Waals surface area contributed by atoms with Crippen molar-refractivity contribution in [2.24, 2.45) is 22.7 Å². The van der Waals surface area contributed by atoms with Crippen LogP contribution in [-0.4, -0.2) is 66.9 Å². The summed E-state index contributed by atoms with van der Waals surface area (Å²) in [4.78, 5) is 0.205. The zero-order valence-corrected chi connectivity index (χ0v) is 30.2. The quantitative estimate of drug-likeness (QED) is 0.245. The first-order valence-electron chi connectivity index (χ1n) is 17.7. The Morgan fingerprint density at radius 2 is 1.42 bits per heavy atom. The molecule has 11 heteroatoms. The normalized spacial score (nSPS) is 36.3. The molecule has 1 spiro atoms. The van der Waals surface area contributed by atoms with Crippen molar-refractivity contribution in [3.05, 3.63) is 65.2 Å². The standard InChI is InChI=1S/C39H48F4O6S/c1-33(2)22-48-37(49-23-33)18-15-31-32-28(14-17-36(31,44)21-37)30-16-19-38(45,35(4,40)39(41,42)43)34(30,3)20-29(32)26-8-6-24(7-9-26)25-10-12-27(13-11-25)50(5,46)47/h6-13,28-30,44-45H,14-23H2,1-5H3/t28?,29-,30?,34+,35?,36-,38+/m1/s1. The molecule has 1 saturated heterocycles. The van der Waals surface area contributed by atoms with Gasteiger partial charge in [0.2, 0.25) is 5.67 Å². The van der Waals surface area contributed by atoms with Gasteiger partial charge in [0.25, 0.3) is 0 Å². The molecule has 4 fully saturated rings. The highest BCUT2D eigenvalue weighted by Gasteiger charge is 2.76. The van der Waals surface area contributed by atoms with Crippen molar-refractivity contribution in [2.75, 3.05) is 19.5 Å². The number of allylic oxidation sites excluding steroid dienone is 1. The summed E-state index contributed by atoms with van der Waals surface area (Å²) in [6.07, 6.45) is -1.91. The number of fused-ring (bicyclic) bond motifs is 4.